The lowest BCUT2D eigenvalue weighted by Gasteiger charge is -2.60. The molecule has 256 valence electrons. The van der Waals surface area contributed by atoms with Crippen LogP contribution in [0.5, 0.6) is 0 Å². The Morgan fingerprint density at radius 1 is 0.933 bits per heavy atom. The van der Waals surface area contributed by atoms with Crippen LogP contribution in [0.3, 0.4) is 0 Å². The number of ether oxygens (including phenoxy) is 4. The van der Waals surface area contributed by atoms with Gasteiger partial charge in [-0.05, 0) is 137 Å². The molecule has 7 heteroatoms. The Morgan fingerprint density at radius 3 is 2.44 bits per heavy atom. The Balaban J connectivity index is 0.957. The molecule has 3 heterocycles. The van der Waals surface area contributed by atoms with Crippen LogP contribution >= 0.6 is 0 Å². The average Bonchev–Trinajstić information content (AvgIpc) is 3.55. The minimum absolute atomic E-state index is 0.00160. The molecule has 0 amide bonds. The van der Waals surface area contributed by atoms with Gasteiger partial charge in [-0.3, -0.25) is 4.90 Å². The molecule has 0 radical (unpaired) electrons. The third-order valence-corrected chi connectivity index (χ3v) is 15.9. The van der Waals surface area contributed by atoms with Gasteiger partial charge in [0.2, 0.25) is 0 Å². The lowest BCUT2D eigenvalue weighted by molar-refractivity contribution is -0.250. The number of nitrogens with zero attached hydrogens (tertiary/aromatic N) is 2. The molecule has 0 bridgehead atoms. The molecule has 1 N–H and O–H groups in total. The average molecular weight is 629 g/mol. The zero-order valence-electron chi connectivity index (χ0n) is 29.6. The maximum atomic E-state index is 10.9. The number of hydrogen-bond donors (Lipinski definition) is 1. The topological polar surface area (TPSA) is 63.6 Å². The van der Waals surface area contributed by atoms with Gasteiger partial charge in [0.25, 0.3) is 0 Å². The summed E-state index contributed by atoms with van der Waals surface area (Å²) in [5.41, 5.74) is 0.755. The van der Waals surface area contributed by atoms with Crippen LogP contribution < -0.4 is 0 Å². The number of likely N-dealkylation sites (tertiary alicyclic amines) is 1. The molecule has 12 atom stereocenters. The van der Waals surface area contributed by atoms with Crippen LogP contribution in [0.4, 0.5) is 0 Å². The summed E-state index contributed by atoms with van der Waals surface area (Å²) >= 11 is 0. The fourth-order valence-electron chi connectivity index (χ4n) is 13.8. The molecule has 5 saturated carbocycles. The first-order chi connectivity index (χ1) is 21.3. The smallest absolute Gasteiger partial charge is 0.170 e. The lowest BCUT2D eigenvalue weighted by atomic mass is 9.46. The Morgan fingerprint density at radius 2 is 1.71 bits per heavy atom. The molecule has 5 aliphatic carbocycles. The minimum atomic E-state index is -0.892. The third-order valence-electron chi connectivity index (χ3n) is 15.9. The van der Waals surface area contributed by atoms with Gasteiger partial charge in [-0.15, -0.1) is 0 Å². The summed E-state index contributed by atoms with van der Waals surface area (Å²) in [6.07, 6.45) is 13.3. The van der Waals surface area contributed by atoms with Gasteiger partial charge < -0.3 is 29.0 Å². The zero-order chi connectivity index (χ0) is 31.6. The summed E-state index contributed by atoms with van der Waals surface area (Å²) in [5.74, 6) is 3.04. The Labute approximate surface area is 273 Å². The van der Waals surface area contributed by atoms with E-state index >= 15 is 0 Å². The third kappa shape index (κ3) is 4.74. The van der Waals surface area contributed by atoms with Crippen molar-refractivity contribution in [2.75, 3.05) is 46.4 Å². The van der Waals surface area contributed by atoms with Crippen molar-refractivity contribution in [3.05, 3.63) is 0 Å². The van der Waals surface area contributed by atoms with Gasteiger partial charge in [0, 0.05) is 38.8 Å². The zero-order valence-corrected chi connectivity index (χ0v) is 29.6. The molecule has 12 unspecified atom stereocenters. The monoisotopic (exact) mass is 628 g/mol. The predicted octanol–water partition coefficient (Wildman–Crippen LogP) is 5.73. The molecule has 0 aromatic rings. The van der Waals surface area contributed by atoms with E-state index in [-0.39, 0.29) is 23.9 Å². The highest BCUT2D eigenvalue weighted by atomic mass is 16.7. The highest BCUT2D eigenvalue weighted by molar-refractivity contribution is 5.29. The summed E-state index contributed by atoms with van der Waals surface area (Å²) in [6, 6.07) is 0.676. The number of rotatable bonds is 7. The van der Waals surface area contributed by atoms with Gasteiger partial charge in [-0.2, -0.15) is 0 Å². The highest BCUT2D eigenvalue weighted by Gasteiger charge is 2.80. The molecule has 2 spiro atoms. The Bertz CT molecular complexity index is 1120. The van der Waals surface area contributed by atoms with Crippen molar-refractivity contribution in [1.29, 1.82) is 0 Å². The first-order valence-electron chi connectivity index (χ1n) is 19.0. The highest BCUT2D eigenvalue weighted by Crippen LogP contribution is 2.87. The van der Waals surface area contributed by atoms with Crippen molar-refractivity contribution in [1.82, 2.24) is 9.80 Å². The molecule has 0 aromatic heterocycles. The van der Waals surface area contributed by atoms with E-state index in [0.29, 0.717) is 47.0 Å². The second-order valence-electron chi connectivity index (χ2n) is 18.7. The summed E-state index contributed by atoms with van der Waals surface area (Å²) in [6.45, 7) is 19.3. The van der Waals surface area contributed by atoms with Gasteiger partial charge >= 0.3 is 0 Å². The number of likely N-dealkylation sites (N-methyl/N-ethyl adjacent to an activating group) is 1. The van der Waals surface area contributed by atoms with E-state index < -0.39 is 5.60 Å². The van der Waals surface area contributed by atoms with Crippen LogP contribution in [0.2, 0.25) is 0 Å². The Kier molecular flexibility index (Phi) is 7.71. The first-order valence-corrected chi connectivity index (χ1v) is 19.0. The Hall–Kier alpha value is -0.280. The molecular formula is C38H64N2O5. The lowest BCUT2D eigenvalue weighted by Crippen LogP contribution is -2.62. The van der Waals surface area contributed by atoms with Crippen molar-refractivity contribution < 1.29 is 24.1 Å². The SMILES string of the molecule is CCOC(C1CCC2C(CC3C4CCC5C(C)(C)C(OC6CN(C7CN(C)C7)CCO6)CCC56CC46CCC23C)O1)C(C)(C)O. The van der Waals surface area contributed by atoms with E-state index in [9.17, 15) is 5.11 Å². The molecule has 3 saturated heterocycles. The second-order valence-corrected chi connectivity index (χ2v) is 18.7. The van der Waals surface area contributed by atoms with Gasteiger partial charge in [0.15, 0.2) is 6.29 Å². The molecule has 0 aromatic carbocycles. The number of hydrogen-bond acceptors (Lipinski definition) is 7. The quantitative estimate of drug-likeness (QED) is 0.387. The maximum Gasteiger partial charge on any atom is 0.170 e. The summed E-state index contributed by atoms with van der Waals surface area (Å²) < 4.78 is 26.3. The normalized spacial score (nSPS) is 50.4. The van der Waals surface area contributed by atoms with Gasteiger partial charge in [-0.1, -0.05) is 20.8 Å². The van der Waals surface area contributed by atoms with Crippen LogP contribution in [0.25, 0.3) is 0 Å². The molecule has 45 heavy (non-hydrogen) atoms. The fraction of sp³-hybridized carbons (Fsp3) is 1.00. The summed E-state index contributed by atoms with van der Waals surface area (Å²) in [4.78, 5) is 5.03. The number of aliphatic hydroxyl groups is 1. The second kappa shape index (κ2) is 10.9. The van der Waals surface area contributed by atoms with Crippen molar-refractivity contribution in [3.63, 3.8) is 0 Å². The van der Waals surface area contributed by atoms with Crippen molar-refractivity contribution in [2.45, 2.75) is 148 Å². The van der Waals surface area contributed by atoms with Crippen LogP contribution in [-0.2, 0) is 18.9 Å². The van der Waals surface area contributed by atoms with Crippen LogP contribution in [0.1, 0.15) is 106 Å². The van der Waals surface area contributed by atoms with E-state index in [0.717, 1.165) is 43.9 Å². The van der Waals surface area contributed by atoms with Gasteiger partial charge in [-0.25, -0.2) is 0 Å². The molecule has 3 aliphatic heterocycles. The number of fused-ring (bicyclic) bond motifs is 4. The fourth-order valence-corrected chi connectivity index (χ4v) is 13.8. The van der Waals surface area contributed by atoms with Crippen molar-refractivity contribution in [3.8, 4) is 0 Å². The van der Waals surface area contributed by atoms with E-state index in [1.165, 1.54) is 70.9 Å². The van der Waals surface area contributed by atoms with E-state index in [4.69, 9.17) is 18.9 Å². The standard InChI is InChI=1S/C38H64N2O5/c1-8-42-33(35(4,5)41)28-11-9-26-29(44-28)19-27-25-10-12-30-34(2,3)31(13-14-38(30)23-37(25,38)16-15-36(26,27)6)45-32-22-40(17-18-43-32)24-20-39(7)21-24/h24-33,41H,8-23H2,1-7H3. The van der Waals surface area contributed by atoms with Crippen LogP contribution in [0, 0.1) is 45.3 Å². The first kappa shape index (κ1) is 32.0. The molecule has 8 rings (SSSR count). The van der Waals surface area contributed by atoms with Crippen molar-refractivity contribution >= 4 is 0 Å². The summed E-state index contributed by atoms with van der Waals surface area (Å²) in [5, 5.41) is 10.9. The molecule has 8 fully saturated rings. The minimum Gasteiger partial charge on any atom is -0.388 e. The molecule has 7 nitrogen and oxygen atoms in total. The van der Waals surface area contributed by atoms with E-state index in [1.807, 2.05) is 20.8 Å². The predicted molar refractivity (Wildman–Crippen MR) is 175 cm³/mol. The van der Waals surface area contributed by atoms with Crippen molar-refractivity contribution in [2.24, 2.45) is 45.3 Å². The maximum absolute atomic E-state index is 10.9. The number of morpholine rings is 1. The molecular weight excluding hydrogens is 564 g/mol. The molecule has 8 aliphatic rings. The van der Waals surface area contributed by atoms with Gasteiger partial charge in [0.05, 0.1) is 30.5 Å². The van der Waals surface area contributed by atoms with E-state index in [1.54, 1.807) is 0 Å². The van der Waals surface area contributed by atoms with Gasteiger partial charge in [0.1, 0.15) is 6.10 Å². The van der Waals surface area contributed by atoms with Crippen LogP contribution in [-0.4, -0.2) is 104 Å². The largest absolute Gasteiger partial charge is 0.388 e. The van der Waals surface area contributed by atoms with Crippen LogP contribution in [0.15, 0.2) is 0 Å². The van der Waals surface area contributed by atoms with E-state index in [2.05, 4.69) is 37.6 Å². The summed E-state index contributed by atoms with van der Waals surface area (Å²) in [7, 11) is 2.22.